The molecule has 0 fully saturated rings. The summed E-state index contributed by atoms with van der Waals surface area (Å²) in [6.45, 7) is 7.69. The summed E-state index contributed by atoms with van der Waals surface area (Å²) in [5, 5.41) is 8.94. The largest absolute Gasteiger partial charge is 0.455 e. The van der Waals surface area contributed by atoms with E-state index in [1.807, 2.05) is 68.5 Å². The van der Waals surface area contributed by atoms with Gasteiger partial charge in [0.2, 0.25) is 0 Å². The molecule has 0 bridgehead atoms. The number of benzene rings is 1. The van der Waals surface area contributed by atoms with Gasteiger partial charge in [-0.15, -0.1) is 6.42 Å². The van der Waals surface area contributed by atoms with Crippen LogP contribution in [0.5, 0.6) is 0 Å². The maximum Gasteiger partial charge on any atom is 0.150 e. The van der Waals surface area contributed by atoms with Crippen LogP contribution in [0.25, 0.3) is 22.5 Å². The SMILES string of the molecule is C#CC(=C)c1oc(-c2ccccc2)cc1C(/C=C\C(C)C#N)=C/C. The molecule has 0 spiro atoms. The van der Waals surface area contributed by atoms with E-state index in [1.54, 1.807) is 0 Å². The Morgan fingerprint density at radius 1 is 1.33 bits per heavy atom. The van der Waals surface area contributed by atoms with Gasteiger partial charge in [0.1, 0.15) is 11.5 Å². The molecule has 0 aliphatic heterocycles. The number of nitriles is 1. The lowest BCUT2D eigenvalue weighted by atomic mass is 10.00. The number of rotatable bonds is 5. The molecule has 1 atom stereocenters. The Hall–Kier alpha value is -3.23. The molecule has 0 saturated heterocycles. The highest BCUT2D eigenvalue weighted by Crippen LogP contribution is 2.34. The minimum atomic E-state index is -0.167. The van der Waals surface area contributed by atoms with Gasteiger partial charge in [0.25, 0.3) is 0 Å². The zero-order valence-electron chi connectivity index (χ0n) is 13.9. The molecular formula is C22H19NO. The molecule has 0 saturated carbocycles. The molecule has 0 amide bonds. The third kappa shape index (κ3) is 3.75. The average Bonchev–Trinajstić information content (AvgIpc) is 3.07. The molecule has 0 radical (unpaired) electrons. The first-order valence-electron chi connectivity index (χ1n) is 7.70. The molecule has 1 heterocycles. The highest BCUT2D eigenvalue weighted by molar-refractivity contribution is 5.87. The fourth-order valence-electron chi connectivity index (χ4n) is 2.27. The topological polar surface area (TPSA) is 36.9 Å². The number of nitrogens with zero attached hydrogens (tertiary/aromatic N) is 1. The Kier molecular flexibility index (Phi) is 5.61. The molecule has 2 rings (SSSR count). The third-order valence-corrected chi connectivity index (χ3v) is 3.63. The first-order chi connectivity index (χ1) is 11.6. The number of furan rings is 1. The third-order valence-electron chi connectivity index (χ3n) is 3.63. The van der Waals surface area contributed by atoms with Gasteiger partial charge in [-0.1, -0.05) is 61.1 Å². The predicted molar refractivity (Wildman–Crippen MR) is 99.6 cm³/mol. The highest BCUT2D eigenvalue weighted by atomic mass is 16.3. The van der Waals surface area contributed by atoms with Gasteiger partial charge in [0.05, 0.1) is 17.6 Å². The van der Waals surface area contributed by atoms with Crippen LogP contribution in [-0.2, 0) is 0 Å². The lowest BCUT2D eigenvalue weighted by Gasteiger charge is -2.02. The summed E-state index contributed by atoms with van der Waals surface area (Å²) in [6, 6.07) is 14.0. The first kappa shape index (κ1) is 17.1. The smallest absolute Gasteiger partial charge is 0.150 e. The van der Waals surface area contributed by atoms with Crippen molar-refractivity contribution in [3.8, 4) is 29.7 Å². The normalized spacial score (nSPS) is 12.6. The van der Waals surface area contributed by atoms with Gasteiger partial charge in [-0.25, -0.2) is 0 Å². The number of allylic oxidation sites excluding steroid dienone is 5. The fraction of sp³-hybridized carbons (Fsp3) is 0.136. The van der Waals surface area contributed by atoms with Crippen molar-refractivity contribution in [2.24, 2.45) is 5.92 Å². The van der Waals surface area contributed by atoms with E-state index in [4.69, 9.17) is 16.1 Å². The van der Waals surface area contributed by atoms with Crippen molar-refractivity contribution in [3.05, 3.63) is 72.5 Å². The number of terminal acetylenes is 1. The summed E-state index contributed by atoms with van der Waals surface area (Å²) in [7, 11) is 0. The minimum Gasteiger partial charge on any atom is -0.455 e. The quantitative estimate of drug-likeness (QED) is 0.523. The van der Waals surface area contributed by atoms with Crippen molar-refractivity contribution >= 4 is 11.1 Å². The lowest BCUT2D eigenvalue weighted by molar-refractivity contribution is 0.568. The molecule has 0 N–H and O–H groups in total. The number of hydrogen-bond donors (Lipinski definition) is 0. The van der Waals surface area contributed by atoms with Gasteiger partial charge in [-0.05, 0) is 25.5 Å². The van der Waals surface area contributed by atoms with Gasteiger partial charge in [-0.3, -0.25) is 0 Å². The van der Waals surface area contributed by atoms with Crippen LogP contribution in [0, 0.1) is 29.6 Å². The lowest BCUT2D eigenvalue weighted by Crippen LogP contribution is -1.87. The number of hydrogen-bond acceptors (Lipinski definition) is 2. The second-order valence-electron chi connectivity index (χ2n) is 5.36. The van der Waals surface area contributed by atoms with Crippen LogP contribution in [0.3, 0.4) is 0 Å². The Balaban J connectivity index is 2.54. The van der Waals surface area contributed by atoms with Crippen LogP contribution in [-0.4, -0.2) is 0 Å². The molecular weight excluding hydrogens is 294 g/mol. The second-order valence-corrected chi connectivity index (χ2v) is 5.36. The Morgan fingerprint density at radius 2 is 2.04 bits per heavy atom. The summed E-state index contributed by atoms with van der Waals surface area (Å²) < 4.78 is 5.99. The summed E-state index contributed by atoms with van der Waals surface area (Å²) in [5.74, 6) is 3.70. The maximum absolute atomic E-state index is 8.94. The molecule has 2 heteroatoms. The molecule has 24 heavy (non-hydrogen) atoms. The molecule has 118 valence electrons. The summed E-state index contributed by atoms with van der Waals surface area (Å²) in [4.78, 5) is 0. The van der Waals surface area contributed by atoms with Crippen LogP contribution in [0.15, 0.2) is 65.6 Å². The van der Waals surface area contributed by atoms with Gasteiger partial charge in [-0.2, -0.15) is 5.26 Å². The van der Waals surface area contributed by atoms with Gasteiger partial charge in [0.15, 0.2) is 0 Å². The van der Waals surface area contributed by atoms with Gasteiger partial charge >= 0.3 is 0 Å². The van der Waals surface area contributed by atoms with Gasteiger partial charge in [0, 0.05) is 11.1 Å². The second kappa shape index (κ2) is 7.86. The van der Waals surface area contributed by atoms with Crippen LogP contribution in [0.1, 0.15) is 25.2 Å². The van der Waals surface area contributed by atoms with Crippen molar-refractivity contribution in [1.29, 1.82) is 5.26 Å². The van der Waals surface area contributed by atoms with E-state index in [2.05, 4.69) is 18.6 Å². The summed E-state index contributed by atoms with van der Waals surface area (Å²) in [5.41, 5.74) is 3.28. The summed E-state index contributed by atoms with van der Waals surface area (Å²) in [6.07, 6.45) is 11.3. The van der Waals surface area contributed by atoms with Crippen LogP contribution < -0.4 is 0 Å². The van der Waals surface area contributed by atoms with E-state index < -0.39 is 0 Å². The molecule has 2 aromatic rings. The first-order valence-corrected chi connectivity index (χ1v) is 7.70. The van der Waals surface area contributed by atoms with E-state index in [-0.39, 0.29) is 5.92 Å². The molecule has 1 unspecified atom stereocenters. The van der Waals surface area contributed by atoms with Crippen molar-refractivity contribution in [2.45, 2.75) is 13.8 Å². The fourth-order valence-corrected chi connectivity index (χ4v) is 2.27. The van der Waals surface area contributed by atoms with Crippen LogP contribution >= 0.6 is 0 Å². The highest BCUT2D eigenvalue weighted by Gasteiger charge is 2.16. The molecule has 2 nitrogen and oxygen atoms in total. The molecule has 0 aliphatic rings. The standard InChI is InChI=1S/C22H19NO/c1-5-17(4)22-20(18(6-2)13-12-16(3)15-23)14-21(24-22)19-10-8-7-9-11-19/h1,6-14,16H,4H2,2-3H3/b13-12-,18-6+. The van der Waals surface area contributed by atoms with Crippen LogP contribution in [0.2, 0.25) is 0 Å². The Morgan fingerprint density at radius 3 is 2.62 bits per heavy atom. The predicted octanol–water partition coefficient (Wildman–Crippen LogP) is 5.71. The minimum absolute atomic E-state index is 0.167. The van der Waals surface area contributed by atoms with E-state index in [0.717, 1.165) is 22.5 Å². The molecule has 1 aromatic heterocycles. The average molecular weight is 313 g/mol. The van der Waals surface area contributed by atoms with E-state index in [0.29, 0.717) is 11.3 Å². The van der Waals surface area contributed by atoms with Crippen molar-refractivity contribution in [1.82, 2.24) is 0 Å². The monoisotopic (exact) mass is 313 g/mol. The zero-order valence-corrected chi connectivity index (χ0v) is 13.9. The van der Waals surface area contributed by atoms with Crippen LogP contribution in [0.4, 0.5) is 0 Å². The molecule has 1 aromatic carbocycles. The van der Waals surface area contributed by atoms with E-state index in [9.17, 15) is 0 Å². The van der Waals surface area contributed by atoms with Crippen molar-refractivity contribution in [3.63, 3.8) is 0 Å². The van der Waals surface area contributed by atoms with E-state index in [1.165, 1.54) is 0 Å². The Labute approximate surface area is 143 Å². The summed E-state index contributed by atoms with van der Waals surface area (Å²) >= 11 is 0. The van der Waals surface area contributed by atoms with Crippen molar-refractivity contribution < 1.29 is 4.42 Å². The Bertz CT molecular complexity index is 867. The molecule has 0 aliphatic carbocycles. The van der Waals surface area contributed by atoms with Gasteiger partial charge < -0.3 is 4.42 Å². The zero-order chi connectivity index (χ0) is 17.5. The van der Waals surface area contributed by atoms with E-state index >= 15 is 0 Å². The maximum atomic E-state index is 8.94. The van der Waals surface area contributed by atoms with Crippen molar-refractivity contribution in [2.75, 3.05) is 0 Å².